The topological polar surface area (TPSA) is 71.1 Å². The van der Waals surface area contributed by atoms with E-state index in [0.29, 0.717) is 18.3 Å². The highest BCUT2D eigenvalue weighted by Gasteiger charge is 2.20. The van der Waals surface area contributed by atoms with Gasteiger partial charge in [-0.15, -0.1) is 0 Å². The SMILES string of the molecule is CCNCc1ccc(S(=O)(=O)NCC2CCCS2)nc1. The molecule has 5 nitrogen and oxygen atoms in total. The van der Waals surface area contributed by atoms with Gasteiger partial charge in [-0.3, -0.25) is 0 Å². The molecule has 0 saturated carbocycles. The number of pyridine rings is 1. The van der Waals surface area contributed by atoms with Crippen LogP contribution in [-0.4, -0.2) is 37.5 Å². The maximum absolute atomic E-state index is 12.1. The monoisotopic (exact) mass is 315 g/mol. The third-order valence-corrected chi connectivity index (χ3v) is 5.91. The van der Waals surface area contributed by atoms with E-state index in [2.05, 4.69) is 15.0 Å². The van der Waals surface area contributed by atoms with Gasteiger partial charge < -0.3 is 5.32 Å². The fraction of sp³-hybridized carbons (Fsp3) is 0.615. The Morgan fingerprint density at radius 1 is 1.45 bits per heavy atom. The normalized spacial score (nSPS) is 19.4. The fourth-order valence-corrected chi connectivity index (χ4v) is 4.34. The second-order valence-corrected chi connectivity index (χ2v) is 7.89. The van der Waals surface area contributed by atoms with E-state index >= 15 is 0 Å². The summed E-state index contributed by atoms with van der Waals surface area (Å²) in [6.45, 7) is 4.10. The Bertz CT molecular complexity index is 511. The predicted molar refractivity (Wildman–Crippen MR) is 82.3 cm³/mol. The van der Waals surface area contributed by atoms with E-state index in [9.17, 15) is 8.42 Å². The Morgan fingerprint density at radius 3 is 2.90 bits per heavy atom. The van der Waals surface area contributed by atoms with Crippen LogP contribution < -0.4 is 10.0 Å². The third-order valence-electron chi connectivity index (χ3n) is 3.18. The summed E-state index contributed by atoms with van der Waals surface area (Å²) in [7, 11) is -3.48. The minimum atomic E-state index is -3.48. The molecule has 112 valence electrons. The molecule has 7 heteroatoms. The Balaban J connectivity index is 1.94. The number of sulfonamides is 1. The van der Waals surface area contributed by atoms with E-state index in [4.69, 9.17) is 0 Å². The third kappa shape index (κ3) is 4.44. The number of nitrogens with zero attached hydrogens (tertiary/aromatic N) is 1. The van der Waals surface area contributed by atoms with E-state index < -0.39 is 10.0 Å². The molecule has 0 spiro atoms. The van der Waals surface area contributed by atoms with Crippen LogP contribution >= 0.6 is 11.8 Å². The van der Waals surface area contributed by atoms with Gasteiger partial charge in [-0.2, -0.15) is 11.8 Å². The van der Waals surface area contributed by atoms with Crippen molar-refractivity contribution in [3.63, 3.8) is 0 Å². The van der Waals surface area contributed by atoms with Crippen molar-refractivity contribution in [1.29, 1.82) is 0 Å². The molecule has 1 atom stereocenters. The molecule has 0 aromatic carbocycles. The van der Waals surface area contributed by atoms with Crippen LogP contribution in [0.1, 0.15) is 25.3 Å². The minimum Gasteiger partial charge on any atom is -0.313 e. The van der Waals surface area contributed by atoms with Crippen molar-refractivity contribution in [2.75, 3.05) is 18.8 Å². The molecule has 0 aliphatic carbocycles. The smallest absolute Gasteiger partial charge is 0.258 e. The lowest BCUT2D eigenvalue weighted by atomic mass is 10.2. The maximum atomic E-state index is 12.1. The van der Waals surface area contributed by atoms with Crippen LogP contribution in [0.2, 0.25) is 0 Å². The summed E-state index contributed by atoms with van der Waals surface area (Å²) < 4.78 is 26.9. The second kappa shape index (κ2) is 7.40. The van der Waals surface area contributed by atoms with Crippen LogP contribution in [0.15, 0.2) is 23.4 Å². The second-order valence-electron chi connectivity index (χ2n) is 4.77. The van der Waals surface area contributed by atoms with Crippen molar-refractivity contribution < 1.29 is 8.42 Å². The molecule has 2 heterocycles. The first-order valence-electron chi connectivity index (χ1n) is 6.88. The number of nitrogens with one attached hydrogen (secondary N) is 2. The first kappa shape index (κ1) is 15.8. The van der Waals surface area contributed by atoms with Crippen molar-refractivity contribution in [3.8, 4) is 0 Å². The Labute approximate surface area is 125 Å². The summed E-state index contributed by atoms with van der Waals surface area (Å²) in [5, 5.41) is 3.68. The van der Waals surface area contributed by atoms with Crippen LogP contribution in [0.4, 0.5) is 0 Å². The Hall–Kier alpha value is -0.630. The van der Waals surface area contributed by atoms with E-state index in [1.54, 1.807) is 18.3 Å². The highest BCUT2D eigenvalue weighted by Crippen LogP contribution is 2.25. The first-order valence-corrected chi connectivity index (χ1v) is 9.42. The molecule has 1 saturated heterocycles. The van der Waals surface area contributed by atoms with E-state index in [-0.39, 0.29) is 5.03 Å². The zero-order valence-electron chi connectivity index (χ0n) is 11.6. The average Bonchev–Trinajstić information content (AvgIpc) is 2.97. The molecule has 1 aliphatic rings. The minimum absolute atomic E-state index is 0.0979. The molecule has 1 fully saturated rings. The molecule has 1 unspecified atom stereocenters. The van der Waals surface area contributed by atoms with Gasteiger partial charge in [-0.05, 0) is 36.8 Å². The summed E-state index contributed by atoms with van der Waals surface area (Å²) >= 11 is 1.83. The molecule has 2 N–H and O–H groups in total. The predicted octanol–water partition coefficient (Wildman–Crippen LogP) is 1.36. The largest absolute Gasteiger partial charge is 0.313 e. The van der Waals surface area contributed by atoms with E-state index in [0.717, 1.165) is 24.3 Å². The van der Waals surface area contributed by atoms with Crippen molar-refractivity contribution in [2.45, 2.75) is 36.6 Å². The van der Waals surface area contributed by atoms with Gasteiger partial charge in [-0.1, -0.05) is 13.0 Å². The van der Waals surface area contributed by atoms with Crippen molar-refractivity contribution in [3.05, 3.63) is 23.9 Å². The summed E-state index contributed by atoms with van der Waals surface area (Å²) in [4.78, 5) is 4.05. The molecular formula is C13H21N3O2S2. The molecule has 20 heavy (non-hydrogen) atoms. The number of hydrogen-bond acceptors (Lipinski definition) is 5. The average molecular weight is 315 g/mol. The Kier molecular flexibility index (Phi) is 5.83. The van der Waals surface area contributed by atoms with Gasteiger partial charge >= 0.3 is 0 Å². The van der Waals surface area contributed by atoms with Crippen LogP contribution in [0.25, 0.3) is 0 Å². The van der Waals surface area contributed by atoms with Crippen LogP contribution in [0, 0.1) is 0 Å². The molecule has 2 rings (SSSR count). The zero-order valence-corrected chi connectivity index (χ0v) is 13.3. The quantitative estimate of drug-likeness (QED) is 0.795. The lowest BCUT2D eigenvalue weighted by Crippen LogP contribution is -2.30. The molecular weight excluding hydrogens is 294 g/mol. The van der Waals surface area contributed by atoms with Gasteiger partial charge in [0.25, 0.3) is 10.0 Å². The van der Waals surface area contributed by atoms with E-state index in [1.807, 2.05) is 18.7 Å². The summed E-state index contributed by atoms with van der Waals surface area (Å²) in [6, 6.07) is 3.37. The maximum Gasteiger partial charge on any atom is 0.258 e. The van der Waals surface area contributed by atoms with Gasteiger partial charge in [0.1, 0.15) is 0 Å². The van der Waals surface area contributed by atoms with Gasteiger partial charge in [0, 0.05) is 24.5 Å². The lowest BCUT2D eigenvalue weighted by Gasteiger charge is -2.10. The van der Waals surface area contributed by atoms with Crippen LogP contribution in [-0.2, 0) is 16.6 Å². The van der Waals surface area contributed by atoms with Crippen molar-refractivity contribution in [1.82, 2.24) is 15.0 Å². The first-order chi connectivity index (χ1) is 9.62. The van der Waals surface area contributed by atoms with Crippen molar-refractivity contribution >= 4 is 21.8 Å². The van der Waals surface area contributed by atoms with Gasteiger partial charge in [0.15, 0.2) is 5.03 Å². The standard InChI is InChI=1S/C13H21N3O2S2/c1-2-14-8-11-5-6-13(15-9-11)20(17,18)16-10-12-4-3-7-19-12/h5-6,9,12,14,16H,2-4,7-8,10H2,1H3. The fourth-order valence-electron chi connectivity index (χ4n) is 2.03. The molecule has 0 bridgehead atoms. The molecule has 1 aromatic heterocycles. The molecule has 0 radical (unpaired) electrons. The molecule has 1 aromatic rings. The summed E-state index contributed by atoms with van der Waals surface area (Å²) in [6.07, 6.45) is 3.87. The van der Waals surface area contributed by atoms with Gasteiger partial charge in [0.05, 0.1) is 0 Å². The van der Waals surface area contributed by atoms with Crippen molar-refractivity contribution in [2.24, 2.45) is 0 Å². The van der Waals surface area contributed by atoms with Gasteiger partial charge in [-0.25, -0.2) is 18.1 Å². The van der Waals surface area contributed by atoms with Gasteiger partial charge in [0.2, 0.25) is 0 Å². The number of aromatic nitrogens is 1. The number of rotatable bonds is 7. The van der Waals surface area contributed by atoms with E-state index in [1.165, 1.54) is 6.42 Å². The zero-order chi connectivity index (χ0) is 14.4. The Morgan fingerprint density at radius 2 is 2.30 bits per heavy atom. The number of thioether (sulfide) groups is 1. The molecule has 1 aliphatic heterocycles. The van der Waals surface area contributed by atoms with Crippen LogP contribution in [0.3, 0.4) is 0 Å². The summed E-state index contributed by atoms with van der Waals surface area (Å²) in [5.41, 5.74) is 0.983. The van der Waals surface area contributed by atoms with Crippen LogP contribution in [0.5, 0.6) is 0 Å². The lowest BCUT2D eigenvalue weighted by molar-refractivity contribution is 0.575. The molecule has 0 amide bonds. The summed E-state index contributed by atoms with van der Waals surface area (Å²) in [5.74, 6) is 1.13. The highest BCUT2D eigenvalue weighted by atomic mass is 32.2. The highest BCUT2D eigenvalue weighted by molar-refractivity contribution is 8.00. The number of hydrogen-bond donors (Lipinski definition) is 2.